The smallest absolute Gasteiger partial charge is 0.305 e. The third-order valence-electron chi connectivity index (χ3n) is 23.5. The molecular formula is C94H97Cl2N15O25. The molecule has 9 N–H and O–H groups in total. The second kappa shape index (κ2) is 45.1. The van der Waals surface area contributed by atoms with Gasteiger partial charge in [-0.1, -0.05) is 138 Å². The number of benzene rings is 6. The van der Waals surface area contributed by atoms with Crippen LogP contribution in [0.4, 0.5) is 0 Å². The number of methoxy groups -OCH3 is 1. The Morgan fingerprint density at radius 3 is 1.18 bits per heavy atom. The number of aliphatic carboxylic acids is 3. The van der Waals surface area contributed by atoms with Gasteiger partial charge in [0.1, 0.15) is 65.6 Å². The van der Waals surface area contributed by atoms with Crippen molar-refractivity contribution in [3.05, 3.63) is 202 Å². The lowest BCUT2D eigenvalue weighted by Gasteiger charge is -2.43. The quantitative estimate of drug-likeness (QED) is 0.0192. The van der Waals surface area contributed by atoms with Crippen LogP contribution in [-0.2, 0) is 91.2 Å². The zero-order valence-corrected chi connectivity index (χ0v) is 75.2. The van der Waals surface area contributed by atoms with Gasteiger partial charge in [-0.3, -0.25) is 101 Å². The number of carboxylic acid groups (broad SMARTS) is 3. The van der Waals surface area contributed by atoms with E-state index in [1.165, 1.54) is 28.3 Å². The number of Topliss-reactive ketones (excluding diaryl/α,β-unsaturated/α-hetero) is 3. The van der Waals surface area contributed by atoms with E-state index in [4.69, 9.17) is 41.2 Å². The van der Waals surface area contributed by atoms with E-state index in [1.54, 1.807) is 61.5 Å². The zero-order chi connectivity index (χ0) is 97.1. The Balaban J connectivity index is 0.000000173. The SMILES string of the molecule is COc1cccc2oc(C(=O)[C@H](CC(=O)O)NC(=O)[C@@H]3CCCN4C(=O)CCC(NC(=O)CCc5ccccc5)C(=O)N34)nc12.Cc1cccc2nc(C(=O)[C@H](CC(=O)O)NC(=O)[C@@H]3CCCN4C(=O)CCC(NC(=O)CCc5ccccc5)C(=O)N34)oc12.O=C(O)C[C@H](NC(=O)[C@@H]1CCCN2C(=O)CCC(NC(=O)CCc3ccccc3)C(=O)N12)C(=O)c1ncc(-c2c(Cl)cccc2Cl)o1. The molecule has 3 aromatic heterocycles. The Morgan fingerprint density at radius 1 is 0.441 bits per heavy atom. The molecule has 9 heterocycles. The van der Waals surface area contributed by atoms with Gasteiger partial charge in [0.2, 0.25) is 70.5 Å². The van der Waals surface area contributed by atoms with Gasteiger partial charge in [0, 0.05) is 58.2 Å². The molecule has 0 spiro atoms. The van der Waals surface area contributed by atoms with Crippen LogP contribution < -0.4 is 36.6 Å². The summed E-state index contributed by atoms with van der Waals surface area (Å²) in [5.74, 6) is -14.4. The fourth-order valence-corrected chi connectivity index (χ4v) is 17.3. The fraction of sp³-hybridized carbons (Fsp3) is 0.372. The Labute approximate surface area is 785 Å². The topological polar surface area (TPSA) is 547 Å². The molecule has 712 valence electrons. The fourth-order valence-electron chi connectivity index (χ4n) is 16.8. The van der Waals surface area contributed by atoms with Crippen LogP contribution in [0.2, 0.25) is 10.0 Å². The number of ketones is 3. The molecule has 9 atom stereocenters. The van der Waals surface area contributed by atoms with Crippen molar-refractivity contribution in [2.24, 2.45) is 0 Å². The number of nitrogens with zero attached hydrogens (tertiary/aromatic N) is 9. The van der Waals surface area contributed by atoms with Crippen LogP contribution in [0.5, 0.6) is 5.75 Å². The van der Waals surface area contributed by atoms with Crippen LogP contribution in [0.25, 0.3) is 33.5 Å². The number of fused-ring (bicyclic) bond motifs is 5. The van der Waals surface area contributed by atoms with Crippen LogP contribution in [0, 0.1) is 6.92 Å². The first-order valence-electron chi connectivity index (χ1n) is 44.1. The molecule has 6 fully saturated rings. The average molecular weight is 1910 g/mol. The monoisotopic (exact) mass is 1910 g/mol. The van der Waals surface area contributed by atoms with E-state index in [9.17, 15) is 102 Å². The number of aromatic nitrogens is 3. The molecule has 0 radical (unpaired) electrons. The third-order valence-corrected chi connectivity index (χ3v) is 24.2. The van der Waals surface area contributed by atoms with Crippen molar-refractivity contribution < 1.29 is 120 Å². The number of nitrogens with one attached hydrogen (secondary N) is 6. The summed E-state index contributed by atoms with van der Waals surface area (Å²) in [7, 11) is 1.42. The van der Waals surface area contributed by atoms with E-state index in [0.717, 1.165) is 37.3 Å². The van der Waals surface area contributed by atoms with Gasteiger partial charge >= 0.3 is 17.9 Å². The molecule has 15 rings (SSSR count). The van der Waals surface area contributed by atoms with E-state index in [1.807, 2.05) is 91.0 Å². The molecular weight excluding hydrogens is 1810 g/mol. The van der Waals surface area contributed by atoms with Crippen molar-refractivity contribution in [3.8, 4) is 17.1 Å². The van der Waals surface area contributed by atoms with Gasteiger partial charge < -0.3 is 65.2 Å². The lowest BCUT2D eigenvalue weighted by Crippen LogP contribution is -2.64. The second-order valence-corrected chi connectivity index (χ2v) is 33.8. The second-order valence-electron chi connectivity index (χ2n) is 33.0. The van der Waals surface area contributed by atoms with Crippen molar-refractivity contribution >= 4 is 152 Å². The number of para-hydroxylation sites is 2. The maximum Gasteiger partial charge on any atom is 0.305 e. The standard InChI is InChI=1S/C32H31Cl2N5O8.C31H33N5O9.C31H33N5O8/c33-19-8-4-9-20(34)28(19)24-17-35-31(47-24)29(44)22(16-27(42)43)37-30(45)23-10-5-15-38-26(41)14-12-21(32(46)39(23)38)36-25(40)13-11-18-6-2-1-3-7-18;1-44-22-10-5-11-23-27(22)34-30(45-23)28(41)20(17-26(39)40)33-29(42)21-9-6-16-35-25(38)15-13-19(31(43)36(21)35)32-24(37)14-12-18-7-3-2-4-8-18;1-18-7-5-10-20-28(18)44-30(34-20)27(41)22(17-26(39)40)33-29(42)23-11-6-16-35-25(38)15-13-21(31(43)36(23)35)32-24(37)14-12-19-8-3-2-4-9-19/h1-4,6-9,17,21-23H,5,10-16H2,(H,36,40)(H,37,45)(H,42,43);2-5,7-8,10-11,19-21H,6,9,12-17H2,1H3,(H,32,37)(H,33,42)(H,39,40);2-5,7-10,21-23H,6,11-17H2,1H3,(H,32,37)(H,33,42)(H,39,40)/t21?,22-,23-;19?,20-,21-;21?,22-,23-/m000/s1. The van der Waals surface area contributed by atoms with Crippen molar-refractivity contribution in [1.82, 2.24) is 76.9 Å². The number of halogens is 2. The number of oxazole rings is 3. The van der Waals surface area contributed by atoms with Crippen molar-refractivity contribution in [1.29, 1.82) is 0 Å². The molecule has 9 aromatic rings. The third kappa shape index (κ3) is 24.1. The lowest BCUT2D eigenvalue weighted by atomic mass is 10.0. The molecule has 0 bridgehead atoms. The Morgan fingerprint density at radius 2 is 0.809 bits per heavy atom. The van der Waals surface area contributed by atoms with E-state index >= 15 is 0 Å². The summed E-state index contributed by atoms with van der Waals surface area (Å²) in [4.78, 5) is 247. The van der Waals surface area contributed by atoms with Gasteiger partial charge in [0.05, 0.1) is 48.2 Å². The number of hydrazine groups is 3. The molecule has 6 aliphatic heterocycles. The summed E-state index contributed by atoms with van der Waals surface area (Å²) in [6.45, 7) is 2.32. The van der Waals surface area contributed by atoms with Crippen molar-refractivity contribution in [3.63, 3.8) is 0 Å². The number of amides is 12. The molecule has 42 heteroatoms. The molecule has 136 heavy (non-hydrogen) atoms. The molecule has 6 aliphatic rings. The summed E-state index contributed by atoms with van der Waals surface area (Å²) in [6.07, 6.45) is 2.20. The number of carbonyl (C=O) groups excluding carboxylic acids is 15. The minimum Gasteiger partial charge on any atom is -0.494 e. The van der Waals surface area contributed by atoms with Crippen molar-refractivity contribution in [2.75, 3.05) is 26.7 Å². The summed E-state index contributed by atoms with van der Waals surface area (Å²) in [6, 6.07) is 31.2. The Hall–Kier alpha value is -15.1. The largest absolute Gasteiger partial charge is 0.494 e. The molecule has 12 amide bonds. The molecule has 40 nitrogen and oxygen atoms in total. The number of rotatable bonds is 32. The van der Waals surface area contributed by atoms with Crippen LogP contribution >= 0.6 is 23.2 Å². The summed E-state index contributed by atoms with van der Waals surface area (Å²) < 4.78 is 22.0. The highest BCUT2D eigenvalue weighted by molar-refractivity contribution is 6.39. The highest BCUT2D eigenvalue weighted by Gasteiger charge is 2.50. The van der Waals surface area contributed by atoms with Gasteiger partial charge in [0.15, 0.2) is 22.4 Å². The minimum absolute atomic E-state index is 0.0164. The first-order chi connectivity index (χ1) is 65.3. The van der Waals surface area contributed by atoms with Crippen LogP contribution in [-0.4, -0.2) is 248 Å². The maximum absolute atomic E-state index is 13.8. The van der Waals surface area contributed by atoms with Crippen LogP contribution in [0.3, 0.4) is 0 Å². The van der Waals surface area contributed by atoms with Gasteiger partial charge in [-0.25, -0.2) is 30.0 Å². The summed E-state index contributed by atoms with van der Waals surface area (Å²) >= 11 is 12.5. The minimum atomic E-state index is -1.63. The van der Waals surface area contributed by atoms with Crippen molar-refractivity contribution in [2.45, 2.75) is 196 Å². The highest BCUT2D eigenvalue weighted by Crippen LogP contribution is 2.37. The highest BCUT2D eigenvalue weighted by atomic mass is 35.5. The molecule has 6 saturated heterocycles. The van der Waals surface area contributed by atoms with E-state index in [-0.39, 0.29) is 165 Å². The zero-order valence-electron chi connectivity index (χ0n) is 73.7. The number of carbonyl (C=O) groups is 18. The predicted octanol–water partition coefficient (Wildman–Crippen LogP) is 6.99. The lowest BCUT2D eigenvalue weighted by molar-refractivity contribution is -0.176. The van der Waals surface area contributed by atoms with Gasteiger partial charge in [0.25, 0.3) is 35.4 Å². The Bertz CT molecular complexity index is 6050. The van der Waals surface area contributed by atoms with Crippen LogP contribution in [0.1, 0.15) is 170 Å². The molecule has 0 aliphatic carbocycles. The molecule has 0 saturated carbocycles. The molecule has 6 aromatic carbocycles. The van der Waals surface area contributed by atoms with E-state index in [0.29, 0.717) is 55.4 Å². The molecule has 3 unspecified atom stereocenters. The summed E-state index contributed by atoms with van der Waals surface area (Å²) in [5.41, 5.74) is 5.10. The number of carboxylic acids is 3. The summed E-state index contributed by atoms with van der Waals surface area (Å²) in [5, 5.41) is 51.3. The predicted molar refractivity (Wildman–Crippen MR) is 479 cm³/mol. The number of hydrogen-bond donors (Lipinski definition) is 9. The van der Waals surface area contributed by atoms with E-state index < -0.39 is 162 Å². The Kier molecular flexibility index (Phi) is 32.6. The first kappa shape index (κ1) is 98.4. The maximum atomic E-state index is 13.8. The normalized spacial score (nSPS) is 18.9. The first-order valence-corrected chi connectivity index (χ1v) is 44.9. The average Bonchev–Trinajstić information content (AvgIpc) is 1.51. The van der Waals surface area contributed by atoms with Crippen LogP contribution in [0.15, 0.2) is 165 Å². The van der Waals surface area contributed by atoms with E-state index in [2.05, 4.69) is 46.9 Å². The number of aryl methyl sites for hydroxylation is 4. The van der Waals surface area contributed by atoms with Gasteiger partial charge in [-0.2, -0.15) is 0 Å². The number of hydrogen-bond acceptors (Lipinski definition) is 25. The van der Waals surface area contributed by atoms with Gasteiger partial charge in [-0.15, -0.1) is 0 Å². The van der Waals surface area contributed by atoms with Gasteiger partial charge in [-0.05, 0) is 137 Å². The number of ether oxygens (including phenoxy) is 1.